The summed E-state index contributed by atoms with van der Waals surface area (Å²) in [7, 11) is 0. The first kappa shape index (κ1) is 12.4. The van der Waals surface area contributed by atoms with Gasteiger partial charge in [-0.05, 0) is 12.0 Å². The lowest BCUT2D eigenvalue weighted by molar-refractivity contribution is -0.121. The lowest BCUT2D eigenvalue weighted by Gasteiger charge is -2.18. The third-order valence-corrected chi connectivity index (χ3v) is 1.59. The normalized spacial score (nSPS) is 11.4. The van der Waals surface area contributed by atoms with Gasteiger partial charge in [-0.3, -0.25) is 4.79 Å². The van der Waals surface area contributed by atoms with Gasteiger partial charge in [-0.15, -0.1) is 0 Å². The van der Waals surface area contributed by atoms with Crippen molar-refractivity contribution in [2.24, 2.45) is 5.41 Å². The Balaban J connectivity index is 3.41. The maximum atomic E-state index is 11.2. The SMILES string of the molecule is CCNCCC(=O)NCC(C)(C)C. The number of hydrogen-bond acceptors (Lipinski definition) is 2. The third kappa shape index (κ3) is 9.34. The maximum absolute atomic E-state index is 11.2. The van der Waals surface area contributed by atoms with Gasteiger partial charge in [0.05, 0.1) is 0 Å². The van der Waals surface area contributed by atoms with Crippen LogP contribution in [0.1, 0.15) is 34.1 Å². The summed E-state index contributed by atoms with van der Waals surface area (Å²) in [5, 5.41) is 6.02. The summed E-state index contributed by atoms with van der Waals surface area (Å²) >= 11 is 0. The standard InChI is InChI=1S/C10H22N2O/c1-5-11-7-6-9(13)12-8-10(2,3)4/h11H,5-8H2,1-4H3,(H,12,13). The molecule has 0 radical (unpaired) electrons. The van der Waals surface area contributed by atoms with Crippen LogP contribution in [0.4, 0.5) is 0 Å². The minimum Gasteiger partial charge on any atom is -0.356 e. The van der Waals surface area contributed by atoms with Gasteiger partial charge in [-0.1, -0.05) is 27.7 Å². The molecule has 0 rings (SSSR count). The van der Waals surface area contributed by atoms with Crippen molar-refractivity contribution >= 4 is 5.91 Å². The van der Waals surface area contributed by atoms with Crippen molar-refractivity contribution in [3.05, 3.63) is 0 Å². The van der Waals surface area contributed by atoms with E-state index < -0.39 is 0 Å². The number of carbonyl (C=O) groups is 1. The number of amides is 1. The zero-order valence-electron chi connectivity index (χ0n) is 9.24. The summed E-state index contributed by atoms with van der Waals surface area (Å²) in [5.41, 5.74) is 0.174. The average Bonchev–Trinajstić information content (AvgIpc) is 2.00. The van der Waals surface area contributed by atoms with E-state index in [1.165, 1.54) is 0 Å². The second-order valence-corrected chi connectivity index (χ2v) is 4.44. The van der Waals surface area contributed by atoms with Crippen LogP contribution in [0.2, 0.25) is 0 Å². The number of nitrogens with one attached hydrogen (secondary N) is 2. The molecular weight excluding hydrogens is 164 g/mol. The number of hydrogen-bond donors (Lipinski definition) is 2. The van der Waals surface area contributed by atoms with Crippen molar-refractivity contribution in [3.63, 3.8) is 0 Å². The van der Waals surface area contributed by atoms with Crippen LogP contribution in [0.5, 0.6) is 0 Å². The van der Waals surface area contributed by atoms with Crippen LogP contribution in [-0.4, -0.2) is 25.5 Å². The predicted octanol–water partition coefficient (Wildman–Crippen LogP) is 1.15. The zero-order chi connectivity index (χ0) is 10.3. The first-order valence-electron chi connectivity index (χ1n) is 4.93. The van der Waals surface area contributed by atoms with Crippen molar-refractivity contribution in [2.45, 2.75) is 34.1 Å². The molecule has 0 aromatic rings. The molecule has 13 heavy (non-hydrogen) atoms. The summed E-state index contributed by atoms with van der Waals surface area (Å²) in [4.78, 5) is 11.2. The Hall–Kier alpha value is -0.570. The molecule has 2 N–H and O–H groups in total. The van der Waals surface area contributed by atoms with Crippen molar-refractivity contribution in [1.82, 2.24) is 10.6 Å². The van der Waals surface area contributed by atoms with E-state index in [0.29, 0.717) is 6.42 Å². The fourth-order valence-corrected chi connectivity index (χ4v) is 0.831. The molecule has 0 aliphatic rings. The van der Waals surface area contributed by atoms with Crippen LogP contribution in [0, 0.1) is 5.41 Å². The van der Waals surface area contributed by atoms with E-state index in [-0.39, 0.29) is 11.3 Å². The number of carbonyl (C=O) groups excluding carboxylic acids is 1. The Labute approximate surface area is 81.3 Å². The number of rotatable bonds is 5. The Morgan fingerprint density at radius 2 is 1.92 bits per heavy atom. The predicted molar refractivity (Wildman–Crippen MR) is 55.6 cm³/mol. The molecule has 0 aromatic carbocycles. The molecule has 78 valence electrons. The van der Waals surface area contributed by atoms with Crippen LogP contribution < -0.4 is 10.6 Å². The molecule has 0 unspecified atom stereocenters. The molecule has 0 fully saturated rings. The van der Waals surface area contributed by atoms with E-state index in [1.54, 1.807) is 0 Å². The smallest absolute Gasteiger partial charge is 0.221 e. The quantitative estimate of drug-likeness (QED) is 0.632. The fraction of sp³-hybridized carbons (Fsp3) is 0.900. The van der Waals surface area contributed by atoms with Gasteiger partial charge in [-0.25, -0.2) is 0 Å². The van der Waals surface area contributed by atoms with Crippen LogP contribution >= 0.6 is 0 Å². The minimum atomic E-state index is 0.135. The summed E-state index contributed by atoms with van der Waals surface area (Å²) < 4.78 is 0. The molecule has 0 aliphatic heterocycles. The highest BCUT2D eigenvalue weighted by molar-refractivity contribution is 5.76. The van der Waals surface area contributed by atoms with Crippen molar-refractivity contribution in [2.75, 3.05) is 19.6 Å². The van der Waals surface area contributed by atoms with Gasteiger partial charge in [0, 0.05) is 19.5 Å². The van der Waals surface area contributed by atoms with Crippen LogP contribution in [0.3, 0.4) is 0 Å². The first-order valence-corrected chi connectivity index (χ1v) is 4.93. The monoisotopic (exact) mass is 186 g/mol. The van der Waals surface area contributed by atoms with Crippen molar-refractivity contribution < 1.29 is 4.79 Å². The highest BCUT2D eigenvalue weighted by Gasteiger charge is 2.11. The average molecular weight is 186 g/mol. The van der Waals surface area contributed by atoms with Gasteiger partial charge in [-0.2, -0.15) is 0 Å². The fourth-order valence-electron chi connectivity index (χ4n) is 0.831. The molecule has 0 aromatic heterocycles. The van der Waals surface area contributed by atoms with E-state index in [0.717, 1.165) is 19.6 Å². The molecule has 3 nitrogen and oxygen atoms in total. The minimum absolute atomic E-state index is 0.135. The lowest BCUT2D eigenvalue weighted by Crippen LogP contribution is -2.33. The van der Waals surface area contributed by atoms with Crippen LogP contribution in [-0.2, 0) is 4.79 Å². The second kappa shape index (κ2) is 5.97. The summed E-state index contributed by atoms with van der Waals surface area (Å²) in [6.45, 7) is 10.8. The Morgan fingerprint density at radius 3 is 2.38 bits per heavy atom. The van der Waals surface area contributed by atoms with E-state index in [9.17, 15) is 4.79 Å². The first-order chi connectivity index (χ1) is 5.95. The molecule has 3 heteroatoms. The molecule has 0 aliphatic carbocycles. The molecule has 0 saturated heterocycles. The highest BCUT2D eigenvalue weighted by atomic mass is 16.1. The Morgan fingerprint density at radius 1 is 1.31 bits per heavy atom. The van der Waals surface area contributed by atoms with E-state index in [1.807, 2.05) is 6.92 Å². The lowest BCUT2D eigenvalue weighted by atomic mass is 9.97. The highest BCUT2D eigenvalue weighted by Crippen LogP contribution is 2.09. The second-order valence-electron chi connectivity index (χ2n) is 4.44. The van der Waals surface area contributed by atoms with Crippen LogP contribution in [0.15, 0.2) is 0 Å². The zero-order valence-corrected chi connectivity index (χ0v) is 9.24. The van der Waals surface area contributed by atoms with Gasteiger partial charge in [0.2, 0.25) is 5.91 Å². The van der Waals surface area contributed by atoms with Gasteiger partial charge < -0.3 is 10.6 Å². The van der Waals surface area contributed by atoms with Gasteiger partial charge in [0.1, 0.15) is 0 Å². The van der Waals surface area contributed by atoms with Gasteiger partial charge in [0.15, 0.2) is 0 Å². The topological polar surface area (TPSA) is 41.1 Å². The van der Waals surface area contributed by atoms with E-state index in [2.05, 4.69) is 31.4 Å². The van der Waals surface area contributed by atoms with Gasteiger partial charge in [0.25, 0.3) is 0 Å². The largest absolute Gasteiger partial charge is 0.356 e. The maximum Gasteiger partial charge on any atom is 0.221 e. The van der Waals surface area contributed by atoms with Crippen molar-refractivity contribution in [3.8, 4) is 0 Å². The molecule has 0 atom stereocenters. The molecule has 0 heterocycles. The van der Waals surface area contributed by atoms with E-state index >= 15 is 0 Å². The summed E-state index contributed by atoms with van der Waals surface area (Å²) in [5.74, 6) is 0.135. The molecular formula is C10H22N2O. The molecule has 0 bridgehead atoms. The van der Waals surface area contributed by atoms with E-state index in [4.69, 9.17) is 0 Å². The Kier molecular flexibility index (Phi) is 5.71. The molecule has 0 spiro atoms. The molecule has 0 saturated carbocycles. The Bertz CT molecular complexity index is 149. The van der Waals surface area contributed by atoms with Gasteiger partial charge >= 0.3 is 0 Å². The van der Waals surface area contributed by atoms with Crippen molar-refractivity contribution in [1.29, 1.82) is 0 Å². The van der Waals surface area contributed by atoms with Crippen LogP contribution in [0.25, 0.3) is 0 Å². The summed E-state index contributed by atoms with van der Waals surface area (Å²) in [6.07, 6.45) is 0.573. The molecule has 1 amide bonds. The third-order valence-electron chi connectivity index (χ3n) is 1.59. The summed E-state index contributed by atoms with van der Waals surface area (Å²) in [6, 6.07) is 0.